The van der Waals surface area contributed by atoms with Gasteiger partial charge in [0.1, 0.15) is 5.56 Å². The van der Waals surface area contributed by atoms with Gasteiger partial charge in [0.15, 0.2) is 16.4 Å². The highest BCUT2D eigenvalue weighted by molar-refractivity contribution is 7.91. The number of hydrogen-bond acceptors (Lipinski definition) is 7. The molecule has 9 nitrogen and oxygen atoms in total. The van der Waals surface area contributed by atoms with E-state index in [0.717, 1.165) is 12.1 Å². The number of amides is 1. The number of esters is 1. The molecule has 1 atom stereocenters. The number of benzene rings is 1. The normalized spacial score (nSPS) is 18.8. The third kappa shape index (κ3) is 4.65. The molecule has 1 heterocycles. The van der Waals surface area contributed by atoms with Crippen molar-refractivity contribution in [3.63, 3.8) is 0 Å². The van der Waals surface area contributed by atoms with E-state index in [1.807, 2.05) is 0 Å². The number of nitro benzene ring substituents is 1. The number of carbonyl (C=O) groups is 2. The molecule has 1 aromatic carbocycles. The van der Waals surface area contributed by atoms with Crippen LogP contribution in [0.2, 0.25) is 5.02 Å². The van der Waals surface area contributed by atoms with Gasteiger partial charge in [-0.05, 0) is 18.6 Å². The molecule has 0 saturated carbocycles. The summed E-state index contributed by atoms with van der Waals surface area (Å²) in [6.45, 7) is -0.681. The van der Waals surface area contributed by atoms with Crippen LogP contribution in [0, 0.1) is 10.1 Å². The second-order valence-corrected chi connectivity index (χ2v) is 7.83. The highest BCUT2D eigenvalue weighted by atomic mass is 35.5. The third-order valence-electron chi connectivity index (χ3n) is 3.31. The predicted octanol–water partition coefficient (Wildman–Crippen LogP) is 0.708. The van der Waals surface area contributed by atoms with Gasteiger partial charge in [0.05, 0.1) is 16.4 Å². The Kier molecular flexibility index (Phi) is 5.40. The fraction of sp³-hybridized carbons (Fsp3) is 0.385. The Morgan fingerprint density at radius 2 is 2.12 bits per heavy atom. The summed E-state index contributed by atoms with van der Waals surface area (Å²) in [4.78, 5) is 33.7. The van der Waals surface area contributed by atoms with Crippen molar-refractivity contribution in [2.24, 2.45) is 0 Å². The molecule has 1 fully saturated rings. The molecule has 0 spiro atoms. The first kappa shape index (κ1) is 18.1. The molecular formula is C13H13ClN2O7S. The Bertz CT molecular complexity index is 794. The number of nitro groups is 1. The van der Waals surface area contributed by atoms with Crippen LogP contribution in [0.4, 0.5) is 5.69 Å². The molecule has 11 heteroatoms. The summed E-state index contributed by atoms with van der Waals surface area (Å²) >= 11 is 5.70. The summed E-state index contributed by atoms with van der Waals surface area (Å²) in [7, 11) is -3.15. The van der Waals surface area contributed by atoms with E-state index >= 15 is 0 Å². The van der Waals surface area contributed by atoms with Crippen molar-refractivity contribution >= 4 is 39.0 Å². The second-order valence-electron chi connectivity index (χ2n) is 5.16. The van der Waals surface area contributed by atoms with Crippen LogP contribution < -0.4 is 5.32 Å². The molecule has 0 radical (unpaired) electrons. The lowest BCUT2D eigenvalue weighted by Crippen LogP contribution is -2.38. The van der Waals surface area contributed by atoms with Crippen molar-refractivity contribution < 1.29 is 27.7 Å². The van der Waals surface area contributed by atoms with Gasteiger partial charge in [0, 0.05) is 17.1 Å². The summed E-state index contributed by atoms with van der Waals surface area (Å²) in [5.74, 6) is -1.92. The van der Waals surface area contributed by atoms with Crippen LogP contribution >= 0.6 is 11.6 Å². The van der Waals surface area contributed by atoms with Crippen molar-refractivity contribution in [1.29, 1.82) is 0 Å². The zero-order chi connectivity index (χ0) is 17.9. The highest BCUT2D eigenvalue weighted by Crippen LogP contribution is 2.23. The van der Waals surface area contributed by atoms with Gasteiger partial charge in [-0.25, -0.2) is 13.2 Å². The van der Waals surface area contributed by atoms with Crippen LogP contribution in [0.1, 0.15) is 16.8 Å². The predicted molar refractivity (Wildman–Crippen MR) is 83.6 cm³/mol. The number of nitrogens with zero attached hydrogens (tertiary/aromatic N) is 1. The number of rotatable bonds is 5. The van der Waals surface area contributed by atoms with E-state index in [4.69, 9.17) is 16.3 Å². The van der Waals surface area contributed by atoms with Crippen molar-refractivity contribution in [2.45, 2.75) is 12.5 Å². The molecule has 24 heavy (non-hydrogen) atoms. The Hall–Kier alpha value is -2.20. The van der Waals surface area contributed by atoms with E-state index in [9.17, 15) is 28.1 Å². The first-order valence-electron chi connectivity index (χ1n) is 6.79. The second kappa shape index (κ2) is 7.14. The molecular weight excluding hydrogens is 364 g/mol. The van der Waals surface area contributed by atoms with E-state index in [-0.39, 0.29) is 22.1 Å². The van der Waals surface area contributed by atoms with Gasteiger partial charge < -0.3 is 10.1 Å². The number of hydrogen-bond donors (Lipinski definition) is 1. The standard InChI is InChI=1S/C13H13ClN2O7S/c14-8-1-2-11(16(19)20)10(5-8)13(18)23-6-12(17)15-9-3-4-24(21,22)7-9/h1-2,5,9H,3-4,6-7H2,(H,15,17)/t9-/m1/s1. The zero-order valence-electron chi connectivity index (χ0n) is 12.2. The Balaban J connectivity index is 1.95. The Morgan fingerprint density at radius 1 is 1.42 bits per heavy atom. The molecule has 1 aliphatic heterocycles. The molecule has 1 amide bonds. The molecule has 130 valence electrons. The summed E-state index contributed by atoms with van der Waals surface area (Å²) in [6, 6.07) is 2.86. The Labute approximate surface area is 142 Å². The largest absolute Gasteiger partial charge is 0.452 e. The fourth-order valence-electron chi connectivity index (χ4n) is 2.22. The van der Waals surface area contributed by atoms with Crippen LogP contribution in [-0.4, -0.2) is 49.4 Å². The molecule has 0 aliphatic carbocycles. The highest BCUT2D eigenvalue weighted by Gasteiger charge is 2.29. The summed E-state index contributed by atoms with van der Waals surface area (Å²) in [6.07, 6.45) is 0.293. The molecule has 0 bridgehead atoms. The minimum Gasteiger partial charge on any atom is -0.452 e. The topological polar surface area (TPSA) is 133 Å². The van der Waals surface area contributed by atoms with Crippen molar-refractivity contribution in [3.05, 3.63) is 38.9 Å². The maximum absolute atomic E-state index is 11.9. The lowest BCUT2D eigenvalue weighted by Gasteiger charge is -2.11. The van der Waals surface area contributed by atoms with Crippen LogP contribution in [0.25, 0.3) is 0 Å². The van der Waals surface area contributed by atoms with Gasteiger partial charge >= 0.3 is 5.97 Å². The maximum Gasteiger partial charge on any atom is 0.345 e. The summed E-state index contributed by atoms with van der Waals surface area (Å²) < 4.78 is 27.3. The van der Waals surface area contributed by atoms with Gasteiger partial charge in [-0.3, -0.25) is 14.9 Å². The SMILES string of the molecule is O=C(COC(=O)c1cc(Cl)ccc1[N+](=O)[O-])N[C@@H]1CCS(=O)(=O)C1. The average Bonchev–Trinajstić information content (AvgIpc) is 2.83. The van der Waals surface area contributed by atoms with Crippen LogP contribution in [0.15, 0.2) is 18.2 Å². The summed E-state index contributed by atoms with van der Waals surface area (Å²) in [5, 5.41) is 13.4. The third-order valence-corrected chi connectivity index (χ3v) is 5.31. The van der Waals surface area contributed by atoms with Gasteiger partial charge in [-0.15, -0.1) is 0 Å². The number of halogens is 1. The number of sulfone groups is 1. The molecule has 1 aromatic rings. The molecule has 1 aliphatic rings. The van der Waals surface area contributed by atoms with E-state index in [1.54, 1.807) is 0 Å². The minimum atomic E-state index is -3.15. The lowest BCUT2D eigenvalue weighted by molar-refractivity contribution is -0.385. The summed E-state index contributed by atoms with van der Waals surface area (Å²) in [5.41, 5.74) is -0.865. The minimum absolute atomic E-state index is 0.00750. The fourth-order valence-corrected chi connectivity index (χ4v) is 4.06. The van der Waals surface area contributed by atoms with Crippen LogP contribution in [-0.2, 0) is 19.4 Å². The number of carbonyl (C=O) groups excluding carboxylic acids is 2. The number of ether oxygens (including phenoxy) is 1. The first-order valence-corrected chi connectivity index (χ1v) is 8.99. The van der Waals surface area contributed by atoms with Crippen molar-refractivity contribution in [1.82, 2.24) is 5.32 Å². The smallest absolute Gasteiger partial charge is 0.345 e. The first-order chi connectivity index (χ1) is 11.2. The average molecular weight is 377 g/mol. The van der Waals surface area contributed by atoms with Crippen molar-refractivity contribution in [2.75, 3.05) is 18.1 Å². The van der Waals surface area contributed by atoms with Crippen LogP contribution in [0.5, 0.6) is 0 Å². The Morgan fingerprint density at radius 3 is 2.71 bits per heavy atom. The molecule has 1 N–H and O–H groups in total. The van der Waals surface area contributed by atoms with Gasteiger partial charge in [0.25, 0.3) is 11.6 Å². The maximum atomic E-state index is 11.9. The molecule has 1 saturated heterocycles. The van der Waals surface area contributed by atoms with E-state index in [0.29, 0.717) is 6.42 Å². The lowest BCUT2D eigenvalue weighted by atomic mass is 10.2. The van der Waals surface area contributed by atoms with E-state index in [2.05, 4.69) is 5.32 Å². The van der Waals surface area contributed by atoms with E-state index in [1.165, 1.54) is 6.07 Å². The van der Waals surface area contributed by atoms with E-state index < -0.39 is 45.0 Å². The molecule has 0 unspecified atom stereocenters. The van der Waals surface area contributed by atoms with Crippen molar-refractivity contribution in [3.8, 4) is 0 Å². The molecule has 2 rings (SSSR count). The zero-order valence-corrected chi connectivity index (χ0v) is 13.8. The van der Waals surface area contributed by atoms with Gasteiger partial charge in [0.2, 0.25) is 0 Å². The van der Waals surface area contributed by atoms with Crippen LogP contribution in [0.3, 0.4) is 0 Å². The molecule has 0 aromatic heterocycles. The quantitative estimate of drug-likeness (QED) is 0.454. The number of nitrogens with one attached hydrogen (secondary N) is 1. The van der Waals surface area contributed by atoms with Gasteiger partial charge in [-0.1, -0.05) is 11.6 Å². The monoisotopic (exact) mass is 376 g/mol. The van der Waals surface area contributed by atoms with Gasteiger partial charge in [-0.2, -0.15) is 0 Å².